The highest BCUT2D eigenvalue weighted by molar-refractivity contribution is 6.04. The van der Waals surface area contributed by atoms with Gasteiger partial charge in [0.1, 0.15) is 5.69 Å². The maximum atomic E-state index is 12.8. The summed E-state index contributed by atoms with van der Waals surface area (Å²) < 4.78 is 7.04. The van der Waals surface area contributed by atoms with Crippen LogP contribution in [0.3, 0.4) is 0 Å². The van der Waals surface area contributed by atoms with Crippen molar-refractivity contribution >= 4 is 17.2 Å². The predicted octanol–water partition coefficient (Wildman–Crippen LogP) is 3.03. The molecular formula is C18H16N4O2. The zero-order chi connectivity index (χ0) is 17.1. The maximum Gasteiger partial charge on any atom is 0.274 e. The van der Waals surface area contributed by atoms with Crippen molar-refractivity contribution in [3.05, 3.63) is 59.5 Å². The summed E-state index contributed by atoms with van der Waals surface area (Å²) in [7, 11) is 1.57. The van der Waals surface area contributed by atoms with Crippen LogP contribution in [0, 0.1) is 11.3 Å². The van der Waals surface area contributed by atoms with Crippen molar-refractivity contribution in [3.63, 3.8) is 0 Å². The van der Waals surface area contributed by atoms with Gasteiger partial charge in [-0.1, -0.05) is 13.0 Å². The number of imidazole rings is 1. The molecule has 3 aromatic rings. The number of aromatic nitrogens is 2. The Balaban J connectivity index is 2.04. The standard InChI is InChI=1S/C18H16N4O2/c1-3-14-16(22-9-5-8-15(24-2)17(22)21-14)18(23)20-13-7-4-6-12(10-13)11-19/h4-10H,3H2,1-2H3,(H,20,23). The van der Waals surface area contributed by atoms with Gasteiger partial charge < -0.3 is 10.1 Å². The quantitative estimate of drug-likeness (QED) is 0.801. The zero-order valence-corrected chi connectivity index (χ0v) is 13.4. The van der Waals surface area contributed by atoms with Crippen LogP contribution in [0.5, 0.6) is 5.75 Å². The lowest BCUT2D eigenvalue weighted by Crippen LogP contribution is -2.16. The van der Waals surface area contributed by atoms with Crippen molar-refractivity contribution in [3.8, 4) is 11.8 Å². The fourth-order valence-electron chi connectivity index (χ4n) is 2.59. The first-order chi connectivity index (χ1) is 11.7. The molecule has 1 amide bonds. The smallest absolute Gasteiger partial charge is 0.274 e. The minimum absolute atomic E-state index is 0.275. The fourth-order valence-corrected chi connectivity index (χ4v) is 2.59. The molecule has 0 fully saturated rings. The Labute approximate surface area is 139 Å². The molecule has 0 saturated heterocycles. The van der Waals surface area contributed by atoms with Crippen molar-refractivity contribution < 1.29 is 9.53 Å². The zero-order valence-electron chi connectivity index (χ0n) is 13.4. The summed E-state index contributed by atoms with van der Waals surface area (Å²) in [5, 5.41) is 11.8. The van der Waals surface area contributed by atoms with Gasteiger partial charge in [-0.05, 0) is 36.8 Å². The summed E-state index contributed by atoms with van der Waals surface area (Å²) in [6.07, 6.45) is 2.40. The van der Waals surface area contributed by atoms with E-state index in [2.05, 4.69) is 16.4 Å². The molecule has 120 valence electrons. The van der Waals surface area contributed by atoms with E-state index in [4.69, 9.17) is 10.00 Å². The van der Waals surface area contributed by atoms with E-state index in [0.29, 0.717) is 40.5 Å². The van der Waals surface area contributed by atoms with Gasteiger partial charge in [0.15, 0.2) is 11.4 Å². The summed E-state index contributed by atoms with van der Waals surface area (Å²) in [5.41, 5.74) is 2.82. The molecule has 0 unspecified atom stereocenters. The Kier molecular flexibility index (Phi) is 4.17. The summed E-state index contributed by atoms with van der Waals surface area (Å²) in [6.45, 7) is 1.95. The maximum absolute atomic E-state index is 12.8. The number of benzene rings is 1. The Hall–Kier alpha value is -3.33. The predicted molar refractivity (Wildman–Crippen MR) is 90.2 cm³/mol. The molecule has 2 heterocycles. The molecule has 0 aliphatic carbocycles. The number of anilines is 1. The number of hydrogen-bond acceptors (Lipinski definition) is 4. The second-order valence-corrected chi connectivity index (χ2v) is 5.18. The molecule has 0 radical (unpaired) electrons. The molecular weight excluding hydrogens is 304 g/mol. The molecule has 2 aromatic heterocycles. The van der Waals surface area contributed by atoms with Gasteiger partial charge >= 0.3 is 0 Å². The third-order valence-corrected chi connectivity index (χ3v) is 3.71. The van der Waals surface area contributed by atoms with Crippen LogP contribution in [0.15, 0.2) is 42.6 Å². The van der Waals surface area contributed by atoms with Crippen LogP contribution in [-0.2, 0) is 6.42 Å². The molecule has 0 atom stereocenters. The SMILES string of the molecule is CCc1nc2c(OC)cccn2c1C(=O)Nc1cccc(C#N)c1. The largest absolute Gasteiger partial charge is 0.493 e. The Morgan fingerprint density at radius 1 is 1.38 bits per heavy atom. The molecule has 6 nitrogen and oxygen atoms in total. The molecule has 1 N–H and O–H groups in total. The number of methoxy groups -OCH3 is 1. The molecule has 24 heavy (non-hydrogen) atoms. The number of nitrogens with zero attached hydrogens (tertiary/aromatic N) is 3. The third kappa shape index (κ3) is 2.68. The van der Waals surface area contributed by atoms with Crippen molar-refractivity contribution in [1.82, 2.24) is 9.38 Å². The number of amides is 1. The molecule has 0 bridgehead atoms. The first-order valence-electron chi connectivity index (χ1n) is 7.53. The van der Waals surface area contributed by atoms with E-state index < -0.39 is 0 Å². The van der Waals surface area contributed by atoms with E-state index in [1.807, 2.05) is 6.92 Å². The first kappa shape index (κ1) is 15.6. The molecule has 1 aromatic carbocycles. The number of carbonyl (C=O) groups is 1. The minimum Gasteiger partial charge on any atom is -0.493 e. The highest BCUT2D eigenvalue weighted by atomic mass is 16.5. The van der Waals surface area contributed by atoms with Gasteiger partial charge in [-0.25, -0.2) is 4.98 Å². The van der Waals surface area contributed by atoms with Crippen LogP contribution in [0.2, 0.25) is 0 Å². The summed E-state index contributed by atoms with van der Waals surface area (Å²) in [4.78, 5) is 17.3. The van der Waals surface area contributed by atoms with E-state index >= 15 is 0 Å². The molecule has 0 saturated carbocycles. The molecule has 0 aliphatic heterocycles. The number of rotatable bonds is 4. The number of nitriles is 1. The molecule has 3 rings (SSSR count). The van der Waals surface area contributed by atoms with Crippen LogP contribution >= 0.6 is 0 Å². The number of pyridine rings is 1. The minimum atomic E-state index is -0.275. The summed E-state index contributed by atoms with van der Waals surface area (Å²) >= 11 is 0. The third-order valence-electron chi connectivity index (χ3n) is 3.71. The lowest BCUT2D eigenvalue weighted by molar-refractivity contribution is 0.102. The van der Waals surface area contributed by atoms with Gasteiger partial charge in [0.25, 0.3) is 5.91 Å². The van der Waals surface area contributed by atoms with E-state index in [1.165, 1.54) is 0 Å². The van der Waals surface area contributed by atoms with Crippen LogP contribution in [0.1, 0.15) is 28.7 Å². The van der Waals surface area contributed by atoms with E-state index in [9.17, 15) is 4.79 Å². The Morgan fingerprint density at radius 2 is 2.21 bits per heavy atom. The molecule has 0 spiro atoms. The fraction of sp³-hybridized carbons (Fsp3) is 0.167. The van der Waals surface area contributed by atoms with Gasteiger partial charge in [-0.3, -0.25) is 9.20 Å². The lowest BCUT2D eigenvalue weighted by Gasteiger charge is -2.07. The van der Waals surface area contributed by atoms with Crippen LogP contribution < -0.4 is 10.1 Å². The average Bonchev–Trinajstić information content (AvgIpc) is 3.00. The highest BCUT2D eigenvalue weighted by Crippen LogP contribution is 2.23. The Bertz CT molecular complexity index is 953. The number of fused-ring (bicyclic) bond motifs is 1. The van der Waals surface area contributed by atoms with Gasteiger partial charge in [0.05, 0.1) is 24.4 Å². The van der Waals surface area contributed by atoms with Gasteiger partial charge in [0.2, 0.25) is 0 Å². The first-order valence-corrected chi connectivity index (χ1v) is 7.53. The van der Waals surface area contributed by atoms with E-state index in [0.717, 1.165) is 0 Å². The number of hydrogen-bond donors (Lipinski definition) is 1. The average molecular weight is 320 g/mol. The highest BCUT2D eigenvalue weighted by Gasteiger charge is 2.20. The van der Waals surface area contributed by atoms with Crippen LogP contribution in [0.4, 0.5) is 5.69 Å². The van der Waals surface area contributed by atoms with Gasteiger partial charge in [-0.15, -0.1) is 0 Å². The molecule has 0 aliphatic rings. The second-order valence-electron chi connectivity index (χ2n) is 5.18. The van der Waals surface area contributed by atoms with Crippen LogP contribution in [0.25, 0.3) is 5.65 Å². The molecule has 6 heteroatoms. The van der Waals surface area contributed by atoms with Gasteiger partial charge in [-0.2, -0.15) is 5.26 Å². The van der Waals surface area contributed by atoms with Crippen LogP contribution in [-0.4, -0.2) is 22.4 Å². The number of aryl methyl sites for hydroxylation is 1. The topological polar surface area (TPSA) is 79.4 Å². The Morgan fingerprint density at radius 3 is 2.92 bits per heavy atom. The van der Waals surface area contributed by atoms with Crippen molar-refractivity contribution in [1.29, 1.82) is 5.26 Å². The van der Waals surface area contributed by atoms with E-state index in [-0.39, 0.29) is 5.91 Å². The second kappa shape index (κ2) is 6.42. The van der Waals surface area contributed by atoms with E-state index in [1.54, 1.807) is 54.1 Å². The van der Waals surface area contributed by atoms with Crippen molar-refractivity contribution in [2.75, 3.05) is 12.4 Å². The monoisotopic (exact) mass is 320 g/mol. The number of ether oxygens (including phenoxy) is 1. The van der Waals surface area contributed by atoms with Crippen molar-refractivity contribution in [2.24, 2.45) is 0 Å². The summed E-state index contributed by atoms with van der Waals surface area (Å²) in [5.74, 6) is 0.334. The normalized spacial score (nSPS) is 10.4. The number of carbonyl (C=O) groups excluding carboxylic acids is 1. The number of nitrogens with one attached hydrogen (secondary N) is 1. The summed E-state index contributed by atoms with van der Waals surface area (Å²) in [6, 6.07) is 12.5. The van der Waals surface area contributed by atoms with Crippen molar-refractivity contribution in [2.45, 2.75) is 13.3 Å². The lowest BCUT2D eigenvalue weighted by atomic mass is 10.2. The van der Waals surface area contributed by atoms with Gasteiger partial charge in [0, 0.05) is 11.9 Å².